The highest BCUT2D eigenvalue weighted by Crippen LogP contribution is 2.31. The molecular weight excluding hydrogens is 257 g/mol. The van der Waals surface area contributed by atoms with Crippen LogP contribution < -0.4 is 15.1 Å². The summed E-state index contributed by atoms with van der Waals surface area (Å²) < 4.78 is 12.6. The van der Waals surface area contributed by atoms with Crippen LogP contribution in [0.5, 0.6) is 0 Å². The van der Waals surface area contributed by atoms with Crippen LogP contribution in [0, 0.1) is 0 Å². The standard InChI is InChI=1S/C15H20FN3O/c16-5-8-19-14-3-2-13(18-9-6-17-7-10-18)11-12(14)1-4-15(19)20/h2-3,11,17H,1,4-10H2. The van der Waals surface area contributed by atoms with Gasteiger partial charge < -0.3 is 15.1 Å². The first-order valence-electron chi connectivity index (χ1n) is 7.24. The lowest BCUT2D eigenvalue weighted by Gasteiger charge is -2.33. The molecule has 1 aromatic rings. The Labute approximate surface area is 118 Å². The van der Waals surface area contributed by atoms with E-state index in [2.05, 4.69) is 16.3 Å². The molecule has 2 heterocycles. The van der Waals surface area contributed by atoms with Crippen molar-refractivity contribution in [1.29, 1.82) is 0 Å². The highest BCUT2D eigenvalue weighted by Gasteiger charge is 2.24. The number of anilines is 2. The number of hydrogen-bond donors (Lipinski definition) is 1. The molecule has 3 rings (SSSR count). The van der Waals surface area contributed by atoms with Gasteiger partial charge in [-0.1, -0.05) is 0 Å². The predicted octanol–water partition coefficient (Wildman–Crippen LogP) is 1.34. The number of carbonyl (C=O) groups excluding carboxylic acids is 1. The number of rotatable bonds is 3. The zero-order valence-electron chi connectivity index (χ0n) is 11.6. The molecular formula is C15H20FN3O. The van der Waals surface area contributed by atoms with Gasteiger partial charge in [-0.15, -0.1) is 0 Å². The van der Waals surface area contributed by atoms with Crippen molar-refractivity contribution >= 4 is 17.3 Å². The first-order valence-corrected chi connectivity index (χ1v) is 7.24. The van der Waals surface area contributed by atoms with Gasteiger partial charge in [0.05, 0.1) is 6.54 Å². The topological polar surface area (TPSA) is 35.6 Å². The minimum absolute atomic E-state index is 0.0325. The number of halogens is 1. The average Bonchev–Trinajstić information content (AvgIpc) is 2.51. The number of nitrogens with zero attached hydrogens (tertiary/aromatic N) is 2. The maximum Gasteiger partial charge on any atom is 0.227 e. The van der Waals surface area contributed by atoms with Crippen LogP contribution >= 0.6 is 0 Å². The van der Waals surface area contributed by atoms with Crippen LogP contribution in [0.25, 0.3) is 0 Å². The molecule has 0 bridgehead atoms. The Bertz CT molecular complexity index is 500. The van der Waals surface area contributed by atoms with E-state index in [0.29, 0.717) is 6.42 Å². The van der Waals surface area contributed by atoms with E-state index in [1.165, 1.54) is 5.69 Å². The number of aryl methyl sites for hydroxylation is 1. The number of fused-ring (bicyclic) bond motifs is 1. The molecule has 0 spiro atoms. The molecule has 20 heavy (non-hydrogen) atoms. The van der Waals surface area contributed by atoms with E-state index in [1.807, 2.05) is 12.1 Å². The van der Waals surface area contributed by atoms with E-state index < -0.39 is 6.67 Å². The molecule has 2 aliphatic rings. The maximum absolute atomic E-state index is 12.6. The Morgan fingerprint density at radius 1 is 1.20 bits per heavy atom. The van der Waals surface area contributed by atoms with E-state index in [4.69, 9.17) is 0 Å². The Morgan fingerprint density at radius 3 is 2.75 bits per heavy atom. The summed E-state index contributed by atoms with van der Waals surface area (Å²) in [6.45, 7) is 3.69. The normalized spacial score (nSPS) is 19.1. The summed E-state index contributed by atoms with van der Waals surface area (Å²) in [7, 11) is 0. The van der Waals surface area contributed by atoms with Gasteiger partial charge >= 0.3 is 0 Å². The summed E-state index contributed by atoms with van der Waals surface area (Å²) in [6, 6.07) is 6.19. The Hall–Kier alpha value is -1.62. The fourth-order valence-electron chi connectivity index (χ4n) is 3.00. The Balaban J connectivity index is 1.86. The second-order valence-corrected chi connectivity index (χ2v) is 5.28. The number of piperazine rings is 1. The van der Waals surface area contributed by atoms with Gasteiger partial charge in [-0.2, -0.15) is 0 Å². The summed E-state index contributed by atoms with van der Waals surface area (Å²) in [5.74, 6) is 0.0325. The predicted molar refractivity (Wildman–Crippen MR) is 78.2 cm³/mol. The number of carbonyl (C=O) groups is 1. The first kappa shape index (κ1) is 13.4. The molecule has 4 nitrogen and oxygen atoms in total. The Morgan fingerprint density at radius 2 is 2.00 bits per heavy atom. The van der Waals surface area contributed by atoms with Crippen molar-refractivity contribution in [3.05, 3.63) is 23.8 Å². The summed E-state index contributed by atoms with van der Waals surface area (Å²) >= 11 is 0. The third-order valence-corrected chi connectivity index (χ3v) is 4.05. The average molecular weight is 277 g/mol. The fraction of sp³-hybridized carbons (Fsp3) is 0.533. The van der Waals surface area contributed by atoms with E-state index in [0.717, 1.165) is 43.9 Å². The molecule has 5 heteroatoms. The lowest BCUT2D eigenvalue weighted by Crippen LogP contribution is -2.43. The summed E-state index contributed by atoms with van der Waals surface area (Å²) in [4.78, 5) is 15.8. The minimum atomic E-state index is -0.495. The van der Waals surface area contributed by atoms with E-state index in [9.17, 15) is 9.18 Å². The van der Waals surface area contributed by atoms with Gasteiger partial charge in [-0.05, 0) is 30.2 Å². The van der Waals surface area contributed by atoms with Crippen molar-refractivity contribution in [3.63, 3.8) is 0 Å². The van der Waals surface area contributed by atoms with Crippen molar-refractivity contribution in [2.24, 2.45) is 0 Å². The van der Waals surface area contributed by atoms with E-state index >= 15 is 0 Å². The Kier molecular flexibility index (Phi) is 3.87. The van der Waals surface area contributed by atoms with Crippen LogP contribution in [0.1, 0.15) is 12.0 Å². The highest BCUT2D eigenvalue weighted by molar-refractivity contribution is 5.96. The van der Waals surface area contributed by atoms with Crippen molar-refractivity contribution in [2.45, 2.75) is 12.8 Å². The minimum Gasteiger partial charge on any atom is -0.369 e. The van der Waals surface area contributed by atoms with Gasteiger partial charge in [0.2, 0.25) is 5.91 Å². The molecule has 0 aliphatic carbocycles. The molecule has 0 saturated carbocycles. The summed E-state index contributed by atoms with van der Waals surface area (Å²) in [5.41, 5.74) is 3.26. The van der Waals surface area contributed by atoms with Gasteiger partial charge in [-0.25, -0.2) is 4.39 Å². The van der Waals surface area contributed by atoms with Crippen molar-refractivity contribution < 1.29 is 9.18 Å². The molecule has 1 N–H and O–H groups in total. The van der Waals surface area contributed by atoms with Gasteiger partial charge in [0, 0.05) is 44.0 Å². The molecule has 2 aliphatic heterocycles. The lowest BCUT2D eigenvalue weighted by molar-refractivity contribution is -0.118. The van der Waals surface area contributed by atoms with Crippen LogP contribution in [0.3, 0.4) is 0 Å². The lowest BCUT2D eigenvalue weighted by atomic mass is 10.00. The van der Waals surface area contributed by atoms with Crippen molar-refractivity contribution in [2.75, 3.05) is 49.2 Å². The fourth-order valence-corrected chi connectivity index (χ4v) is 3.00. The third-order valence-electron chi connectivity index (χ3n) is 4.05. The van der Waals surface area contributed by atoms with Crippen LogP contribution in [0.4, 0.5) is 15.8 Å². The summed E-state index contributed by atoms with van der Waals surface area (Å²) in [5, 5.41) is 3.34. The zero-order valence-corrected chi connectivity index (χ0v) is 11.6. The van der Waals surface area contributed by atoms with Crippen molar-refractivity contribution in [3.8, 4) is 0 Å². The zero-order chi connectivity index (χ0) is 13.9. The number of alkyl halides is 1. The van der Waals surface area contributed by atoms with Gasteiger partial charge in [0.1, 0.15) is 6.67 Å². The van der Waals surface area contributed by atoms with E-state index in [1.54, 1.807) is 4.90 Å². The summed E-state index contributed by atoms with van der Waals surface area (Å²) in [6.07, 6.45) is 1.24. The van der Waals surface area contributed by atoms with Crippen LogP contribution in [0.15, 0.2) is 18.2 Å². The molecule has 1 amide bonds. The quantitative estimate of drug-likeness (QED) is 0.906. The molecule has 1 aromatic carbocycles. The molecule has 0 atom stereocenters. The SMILES string of the molecule is O=C1CCc2cc(N3CCNCC3)ccc2N1CCF. The maximum atomic E-state index is 12.6. The van der Waals surface area contributed by atoms with Crippen LogP contribution in [-0.2, 0) is 11.2 Å². The largest absolute Gasteiger partial charge is 0.369 e. The first-order chi connectivity index (χ1) is 9.79. The van der Waals surface area contributed by atoms with E-state index in [-0.39, 0.29) is 12.5 Å². The smallest absolute Gasteiger partial charge is 0.227 e. The number of benzene rings is 1. The molecule has 0 radical (unpaired) electrons. The molecule has 108 valence electrons. The van der Waals surface area contributed by atoms with Gasteiger partial charge in [-0.3, -0.25) is 4.79 Å². The van der Waals surface area contributed by atoms with Crippen LogP contribution in [0.2, 0.25) is 0 Å². The number of hydrogen-bond acceptors (Lipinski definition) is 3. The number of nitrogens with one attached hydrogen (secondary N) is 1. The molecule has 0 unspecified atom stereocenters. The molecule has 1 saturated heterocycles. The van der Waals surface area contributed by atoms with Gasteiger partial charge in [0.25, 0.3) is 0 Å². The second kappa shape index (κ2) is 5.79. The molecule has 0 aromatic heterocycles. The number of amides is 1. The van der Waals surface area contributed by atoms with Crippen LogP contribution in [-0.4, -0.2) is 45.3 Å². The highest BCUT2D eigenvalue weighted by atomic mass is 19.1. The second-order valence-electron chi connectivity index (χ2n) is 5.28. The third kappa shape index (κ3) is 2.50. The van der Waals surface area contributed by atoms with Crippen molar-refractivity contribution in [1.82, 2.24) is 5.32 Å². The monoisotopic (exact) mass is 277 g/mol. The molecule has 1 fully saturated rings. The van der Waals surface area contributed by atoms with Gasteiger partial charge in [0.15, 0.2) is 0 Å².